The van der Waals surface area contributed by atoms with E-state index in [1.807, 2.05) is 69.3 Å². The molecule has 0 aliphatic carbocycles. The summed E-state index contributed by atoms with van der Waals surface area (Å²) in [7, 11) is 1.34. The van der Waals surface area contributed by atoms with Crippen LogP contribution in [0.3, 0.4) is 0 Å². The molecular weight excluding hydrogens is 410 g/mol. The van der Waals surface area contributed by atoms with E-state index < -0.39 is 5.97 Å². The molecule has 6 heteroatoms. The molecule has 0 aliphatic rings. The number of hydrogen-bond acceptors (Lipinski definition) is 5. The zero-order valence-electron chi connectivity index (χ0n) is 18.0. The molecule has 5 nitrogen and oxygen atoms in total. The Bertz CT molecular complexity index is 1100. The normalized spacial score (nSPS) is 10.8. The summed E-state index contributed by atoms with van der Waals surface area (Å²) in [5.41, 5.74) is 4.06. The van der Waals surface area contributed by atoms with Gasteiger partial charge in [-0.15, -0.1) is 11.3 Å². The monoisotopic (exact) mass is 435 g/mol. The Balaban J connectivity index is 1.85. The molecule has 0 saturated heterocycles. The number of rotatable bonds is 7. The minimum absolute atomic E-state index is 0.323. The van der Waals surface area contributed by atoms with Gasteiger partial charge in [0.25, 0.3) is 0 Å². The number of esters is 1. The van der Waals surface area contributed by atoms with Crippen molar-refractivity contribution in [1.82, 2.24) is 0 Å². The molecule has 1 amide bonds. The number of hydrogen-bond donors (Lipinski definition) is 1. The smallest absolute Gasteiger partial charge is 0.341 e. The molecule has 160 valence electrons. The van der Waals surface area contributed by atoms with Crippen LogP contribution in [-0.2, 0) is 9.53 Å². The zero-order valence-corrected chi connectivity index (χ0v) is 18.8. The van der Waals surface area contributed by atoms with Gasteiger partial charge in [0.15, 0.2) is 0 Å². The lowest BCUT2D eigenvalue weighted by Gasteiger charge is -2.07. The third-order valence-corrected chi connectivity index (χ3v) is 5.69. The van der Waals surface area contributed by atoms with E-state index in [0.29, 0.717) is 17.2 Å². The Hall–Kier alpha value is -3.38. The summed E-state index contributed by atoms with van der Waals surface area (Å²) in [6.45, 7) is 6.47. The van der Waals surface area contributed by atoms with Crippen molar-refractivity contribution in [3.8, 4) is 16.9 Å². The van der Waals surface area contributed by atoms with Crippen LogP contribution < -0.4 is 10.1 Å². The predicted molar refractivity (Wildman–Crippen MR) is 126 cm³/mol. The van der Waals surface area contributed by atoms with Crippen molar-refractivity contribution < 1.29 is 19.1 Å². The molecule has 0 saturated carbocycles. The molecule has 1 N–H and O–H groups in total. The van der Waals surface area contributed by atoms with E-state index in [2.05, 4.69) is 5.32 Å². The second-order valence-electron chi connectivity index (χ2n) is 6.92. The lowest BCUT2D eigenvalue weighted by molar-refractivity contribution is -0.111. The lowest BCUT2D eigenvalue weighted by Crippen LogP contribution is -2.11. The highest BCUT2D eigenvalue weighted by Gasteiger charge is 2.24. The minimum Gasteiger partial charge on any atom is -0.494 e. The standard InChI is InChI=1S/C25H25NO4S/c1-5-30-20-13-8-18(9-14-20)10-15-21(27)26-24-23(25(28)29-4)22(17(3)31-24)19-11-6-16(2)7-12-19/h6-15H,5H2,1-4H3,(H,26,27)/b15-10+. The van der Waals surface area contributed by atoms with Crippen LogP contribution in [0.4, 0.5) is 5.00 Å². The summed E-state index contributed by atoms with van der Waals surface area (Å²) in [6.07, 6.45) is 3.15. The Kier molecular flexibility index (Phi) is 7.26. The largest absolute Gasteiger partial charge is 0.494 e. The molecule has 1 aromatic heterocycles. The minimum atomic E-state index is -0.481. The van der Waals surface area contributed by atoms with Crippen LogP contribution in [-0.4, -0.2) is 25.6 Å². The molecule has 31 heavy (non-hydrogen) atoms. The summed E-state index contributed by atoms with van der Waals surface area (Å²) >= 11 is 1.36. The molecule has 0 spiro atoms. The number of ether oxygens (including phenoxy) is 2. The maximum Gasteiger partial charge on any atom is 0.341 e. The number of amides is 1. The van der Waals surface area contributed by atoms with E-state index in [1.165, 1.54) is 24.5 Å². The van der Waals surface area contributed by atoms with Gasteiger partial charge in [-0.25, -0.2) is 4.79 Å². The number of carbonyl (C=O) groups excluding carboxylic acids is 2. The van der Waals surface area contributed by atoms with Crippen molar-refractivity contribution in [2.75, 3.05) is 19.0 Å². The van der Waals surface area contributed by atoms with Crippen molar-refractivity contribution in [1.29, 1.82) is 0 Å². The van der Waals surface area contributed by atoms with Crippen LogP contribution in [0.1, 0.15) is 33.3 Å². The van der Waals surface area contributed by atoms with Crippen LogP contribution in [0.5, 0.6) is 5.75 Å². The molecule has 0 aliphatic heterocycles. The Morgan fingerprint density at radius 3 is 2.32 bits per heavy atom. The van der Waals surface area contributed by atoms with E-state index in [-0.39, 0.29) is 5.91 Å². The van der Waals surface area contributed by atoms with Gasteiger partial charge in [-0.1, -0.05) is 42.0 Å². The van der Waals surface area contributed by atoms with Crippen molar-refractivity contribution >= 4 is 34.3 Å². The maximum atomic E-state index is 12.6. The molecular formula is C25H25NO4S. The van der Waals surface area contributed by atoms with Gasteiger partial charge < -0.3 is 14.8 Å². The van der Waals surface area contributed by atoms with Crippen LogP contribution in [0.2, 0.25) is 0 Å². The molecule has 0 bridgehead atoms. The van der Waals surface area contributed by atoms with Gasteiger partial charge in [0.2, 0.25) is 5.91 Å². The maximum absolute atomic E-state index is 12.6. The van der Waals surface area contributed by atoms with E-state index in [9.17, 15) is 9.59 Å². The van der Waals surface area contributed by atoms with Gasteiger partial charge in [-0.05, 0) is 50.1 Å². The molecule has 0 radical (unpaired) electrons. The first-order valence-corrected chi connectivity index (χ1v) is 10.7. The Labute approximate surface area is 186 Å². The van der Waals surface area contributed by atoms with Gasteiger partial charge in [-0.3, -0.25) is 4.79 Å². The van der Waals surface area contributed by atoms with Crippen molar-refractivity contribution in [2.24, 2.45) is 0 Å². The van der Waals surface area contributed by atoms with E-state index in [0.717, 1.165) is 32.9 Å². The fourth-order valence-electron chi connectivity index (χ4n) is 3.16. The zero-order chi connectivity index (χ0) is 22.4. The summed E-state index contributed by atoms with van der Waals surface area (Å²) < 4.78 is 10.4. The highest BCUT2D eigenvalue weighted by atomic mass is 32.1. The second-order valence-corrected chi connectivity index (χ2v) is 8.14. The fourth-order valence-corrected chi connectivity index (χ4v) is 4.23. The third-order valence-electron chi connectivity index (χ3n) is 4.67. The van der Waals surface area contributed by atoms with Crippen molar-refractivity contribution in [3.05, 3.63) is 76.2 Å². The molecule has 0 fully saturated rings. The van der Waals surface area contributed by atoms with E-state index in [4.69, 9.17) is 9.47 Å². The Morgan fingerprint density at radius 2 is 1.71 bits per heavy atom. The number of anilines is 1. The first-order valence-electron chi connectivity index (χ1n) is 9.93. The number of carbonyl (C=O) groups is 2. The van der Waals surface area contributed by atoms with Gasteiger partial charge in [0.1, 0.15) is 16.3 Å². The second kappa shape index (κ2) is 10.1. The third kappa shape index (κ3) is 5.41. The number of nitrogens with one attached hydrogen (secondary N) is 1. The quantitative estimate of drug-likeness (QED) is 0.372. The summed E-state index contributed by atoms with van der Waals surface area (Å²) in [6, 6.07) is 15.4. The highest BCUT2D eigenvalue weighted by Crippen LogP contribution is 2.40. The number of aryl methyl sites for hydroxylation is 2. The first-order chi connectivity index (χ1) is 14.9. The number of methoxy groups -OCH3 is 1. The number of benzene rings is 2. The van der Waals surface area contributed by atoms with Crippen LogP contribution >= 0.6 is 11.3 Å². The molecule has 1 heterocycles. The van der Waals surface area contributed by atoms with Crippen molar-refractivity contribution in [3.63, 3.8) is 0 Å². The Morgan fingerprint density at radius 1 is 1.03 bits per heavy atom. The molecule has 2 aromatic carbocycles. The summed E-state index contributed by atoms with van der Waals surface area (Å²) in [5.74, 6) is -0.0222. The van der Waals surface area contributed by atoms with E-state index in [1.54, 1.807) is 6.08 Å². The predicted octanol–water partition coefficient (Wildman–Crippen LogP) is 5.87. The average molecular weight is 436 g/mol. The lowest BCUT2D eigenvalue weighted by atomic mass is 10.0. The fraction of sp³-hybridized carbons (Fsp3) is 0.200. The summed E-state index contributed by atoms with van der Waals surface area (Å²) in [5, 5.41) is 3.31. The molecule has 3 aromatic rings. The SMILES string of the molecule is CCOc1ccc(/C=C/C(=O)Nc2sc(C)c(-c3ccc(C)cc3)c2C(=O)OC)cc1. The van der Waals surface area contributed by atoms with Crippen molar-refractivity contribution in [2.45, 2.75) is 20.8 Å². The average Bonchev–Trinajstić information content (AvgIpc) is 3.09. The van der Waals surface area contributed by atoms with Crippen LogP contribution in [0.15, 0.2) is 54.6 Å². The van der Waals surface area contributed by atoms with Gasteiger partial charge in [0.05, 0.1) is 13.7 Å². The first kappa shape index (κ1) is 22.3. The van der Waals surface area contributed by atoms with E-state index >= 15 is 0 Å². The molecule has 0 unspecified atom stereocenters. The van der Waals surface area contributed by atoms with Crippen LogP contribution in [0.25, 0.3) is 17.2 Å². The topological polar surface area (TPSA) is 64.6 Å². The van der Waals surface area contributed by atoms with Gasteiger partial charge in [0, 0.05) is 16.5 Å². The summed E-state index contributed by atoms with van der Waals surface area (Å²) in [4.78, 5) is 26.0. The van der Waals surface area contributed by atoms with Gasteiger partial charge in [-0.2, -0.15) is 0 Å². The molecule has 0 atom stereocenters. The highest BCUT2D eigenvalue weighted by molar-refractivity contribution is 7.17. The molecule has 3 rings (SSSR count). The van der Waals surface area contributed by atoms with Gasteiger partial charge >= 0.3 is 5.97 Å². The van der Waals surface area contributed by atoms with Crippen LogP contribution in [0, 0.1) is 13.8 Å². The number of thiophene rings is 1.